The van der Waals surface area contributed by atoms with Crippen LogP contribution in [0.25, 0.3) is 0 Å². The van der Waals surface area contributed by atoms with Crippen molar-refractivity contribution >= 4 is 23.2 Å². The Morgan fingerprint density at radius 1 is 1.41 bits per heavy atom. The Kier molecular flexibility index (Phi) is 3.48. The minimum Gasteiger partial charge on any atom is -0.250 e. The molecule has 2 nitrogen and oxygen atoms in total. The Morgan fingerprint density at radius 2 is 2.00 bits per heavy atom. The molecule has 2 rings (SSSR count). The number of hydrogen-bond donors (Lipinski definition) is 0. The van der Waals surface area contributed by atoms with Crippen molar-refractivity contribution in [2.75, 3.05) is 0 Å². The summed E-state index contributed by atoms with van der Waals surface area (Å²) in [5, 5.41) is 5.44. The van der Waals surface area contributed by atoms with Gasteiger partial charge in [0.2, 0.25) is 0 Å². The van der Waals surface area contributed by atoms with Gasteiger partial charge < -0.3 is 0 Å². The van der Waals surface area contributed by atoms with Gasteiger partial charge in [-0.1, -0.05) is 32.4 Å². The minimum absolute atomic E-state index is 0.0115. The molecule has 1 aliphatic rings. The van der Waals surface area contributed by atoms with Crippen molar-refractivity contribution in [3.8, 4) is 0 Å². The number of alkyl halides is 1. The molecular formula is C13H20Cl2N2. The van der Waals surface area contributed by atoms with E-state index >= 15 is 0 Å². The SMILES string of the molecule is CC(C1CC1)n1nc(C(C)(C)C)c(CCl)c1Cl. The molecule has 4 heteroatoms. The van der Waals surface area contributed by atoms with E-state index in [0.717, 1.165) is 22.3 Å². The average molecular weight is 275 g/mol. The second kappa shape index (κ2) is 4.47. The fraction of sp³-hybridized carbons (Fsp3) is 0.769. The number of nitrogens with zero attached hydrogens (tertiary/aromatic N) is 2. The largest absolute Gasteiger partial charge is 0.250 e. The molecule has 1 aliphatic carbocycles. The predicted molar refractivity (Wildman–Crippen MR) is 72.9 cm³/mol. The van der Waals surface area contributed by atoms with E-state index in [4.69, 9.17) is 28.3 Å². The summed E-state index contributed by atoms with van der Waals surface area (Å²) in [6.07, 6.45) is 2.58. The molecule has 0 amide bonds. The molecule has 0 radical (unpaired) electrons. The van der Waals surface area contributed by atoms with E-state index in [9.17, 15) is 0 Å². The van der Waals surface area contributed by atoms with Gasteiger partial charge in [0, 0.05) is 11.0 Å². The van der Waals surface area contributed by atoms with Crippen LogP contribution in [-0.2, 0) is 11.3 Å². The second-order valence-corrected chi connectivity index (χ2v) is 6.65. The van der Waals surface area contributed by atoms with Crippen LogP contribution in [0.15, 0.2) is 0 Å². The summed E-state index contributed by atoms with van der Waals surface area (Å²) in [7, 11) is 0. The van der Waals surface area contributed by atoms with Crippen LogP contribution in [0.1, 0.15) is 57.8 Å². The highest BCUT2D eigenvalue weighted by Gasteiger charge is 2.33. The van der Waals surface area contributed by atoms with Gasteiger partial charge in [-0.15, -0.1) is 11.6 Å². The van der Waals surface area contributed by atoms with Crippen molar-refractivity contribution in [3.05, 3.63) is 16.4 Å². The summed E-state index contributed by atoms with van der Waals surface area (Å²) in [5.74, 6) is 1.17. The molecule has 1 aromatic rings. The van der Waals surface area contributed by atoms with Gasteiger partial charge >= 0.3 is 0 Å². The van der Waals surface area contributed by atoms with E-state index in [-0.39, 0.29) is 5.41 Å². The van der Waals surface area contributed by atoms with Crippen LogP contribution in [0, 0.1) is 5.92 Å². The van der Waals surface area contributed by atoms with Gasteiger partial charge in [0.15, 0.2) is 0 Å². The normalized spacial score (nSPS) is 18.5. The fourth-order valence-electron chi connectivity index (χ4n) is 2.22. The minimum atomic E-state index is -0.0115. The molecular weight excluding hydrogens is 255 g/mol. The number of rotatable bonds is 3. The number of hydrogen-bond acceptors (Lipinski definition) is 1. The van der Waals surface area contributed by atoms with Crippen molar-refractivity contribution in [2.24, 2.45) is 5.92 Å². The van der Waals surface area contributed by atoms with Crippen molar-refractivity contribution in [1.29, 1.82) is 0 Å². The van der Waals surface area contributed by atoms with Crippen LogP contribution in [0.2, 0.25) is 5.15 Å². The standard InChI is InChI=1S/C13H20Cl2N2/c1-8(9-5-6-9)17-12(15)10(7-14)11(16-17)13(2,3)4/h8-9H,5-7H2,1-4H3. The third kappa shape index (κ3) is 2.48. The summed E-state index contributed by atoms with van der Waals surface area (Å²) in [6.45, 7) is 8.64. The zero-order chi connectivity index (χ0) is 12.8. The van der Waals surface area contributed by atoms with E-state index in [1.165, 1.54) is 12.8 Å². The van der Waals surface area contributed by atoms with Crippen LogP contribution in [0.3, 0.4) is 0 Å². The fourth-order valence-corrected chi connectivity index (χ4v) is 2.89. The van der Waals surface area contributed by atoms with Crippen molar-refractivity contribution in [1.82, 2.24) is 9.78 Å². The molecule has 1 saturated carbocycles. The zero-order valence-electron chi connectivity index (χ0n) is 10.9. The molecule has 1 heterocycles. The maximum absolute atomic E-state index is 6.42. The van der Waals surface area contributed by atoms with Gasteiger partial charge in [0.05, 0.1) is 17.6 Å². The molecule has 0 N–H and O–H groups in total. The summed E-state index contributed by atoms with van der Waals surface area (Å²) in [5.41, 5.74) is 2.01. The molecule has 0 aliphatic heterocycles. The van der Waals surface area contributed by atoms with Crippen molar-refractivity contribution in [3.63, 3.8) is 0 Å². The molecule has 1 aromatic heterocycles. The Balaban J connectivity index is 2.44. The first-order valence-corrected chi connectivity index (χ1v) is 7.10. The molecule has 1 atom stereocenters. The smallest absolute Gasteiger partial charge is 0.132 e. The lowest BCUT2D eigenvalue weighted by molar-refractivity contribution is 0.427. The van der Waals surface area contributed by atoms with Crippen LogP contribution in [-0.4, -0.2) is 9.78 Å². The van der Waals surface area contributed by atoms with Crippen molar-refractivity contribution in [2.45, 2.75) is 57.9 Å². The first-order valence-electron chi connectivity index (χ1n) is 6.19. The topological polar surface area (TPSA) is 17.8 Å². The first-order chi connectivity index (χ1) is 7.86. The van der Waals surface area contributed by atoms with E-state index in [1.807, 2.05) is 4.68 Å². The van der Waals surface area contributed by atoms with Gasteiger partial charge in [0.25, 0.3) is 0 Å². The molecule has 1 unspecified atom stereocenters. The van der Waals surface area contributed by atoms with Gasteiger partial charge in [-0.2, -0.15) is 5.10 Å². The molecule has 96 valence electrons. The molecule has 0 saturated heterocycles. The highest BCUT2D eigenvalue weighted by molar-refractivity contribution is 6.31. The first kappa shape index (κ1) is 13.2. The van der Waals surface area contributed by atoms with Gasteiger partial charge in [-0.3, -0.25) is 4.68 Å². The maximum Gasteiger partial charge on any atom is 0.132 e. The van der Waals surface area contributed by atoms with Gasteiger partial charge in [-0.05, 0) is 25.7 Å². The molecule has 17 heavy (non-hydrogen) atoms. The third-order valence-corrected chi connectivity index (χ3v) is 4.15. The summed E-state index contributed by atoms with van der Waals surface area (Å²) in [6, 6.07) is 0.389. The second-order valence-electron chi connectivity index (χ2n) is 6.02. The van der Waals surface area contributed by atoms with E-state index in [1.54, 1.807) is 0 Å². The van der Waals surface area contributed by atoms with Crippen LogP contribution >= 0.6 is 23.2 Å². The van der Waals surface area contributed by atoms with Crippen LogP contribution in [0.4, 0.5) is 0 Å². The quantitative estimate of drug-likeness (QED) is 0.740. The highest BCUT2D eigenvalue weighted by atomic mass is 35.5. The lowest BCUT2D eigenvalue weighted by Gasteiger charge is -2.17. The maximum atomic E-state index is 6.42. The molecule has 0 bridgehead atoms. The average Bonchev–Trinajstić information content (AvgIpc) is 3.00. The van der Waals surface area contributed by atoms with Crippen molar-refractivity contribution < 1.29 is 0 Å². The molecule has 0 aromatic carbocycles. The molecule has 1 fully saturated rings. The zero-order valence-corrected chi connectivity index (χ0v) is 12.4. The van der Waals surface area contributed by atoms with Crippen LogP contribution < -0.4 is 0 Å². The van der Waals surface area contributed by atoms with E-state index in [0.29, 0.717) is 11.9 Å². The van der Waals surface area contributed by atoms with Crippen LogP contribution in [0.5, 0.6) is 0 Å². The van der Waals surface area contributed by atoms with Gasteiger partial charge in [0.1, 0.15) is 5.15 Å². The Hall–Kier alpha value is -0.210. The van der Waals surface area contributed by atoms with E-state index in [2.05, 4.69) is 27.7 Å². The Labute approximate surface area is 113 Å². The summed E-state index contributed by atoms with van der Waals surface area (Å²) < 4.78 is 1.97. The lowest BCUT2D eigenvalue weighted by Crippen LogP contribution is -2.16. The Morgan fingerprint density at radius 3 is 2.35 bits per heavy atom. The Bertz CT molecular complexity index is 414. The lowest BCUT2D eigenvalue weighted by atomic mass is 9.90. The summed E-state index contributed by atoms with van der Waals surface area (Å²) >= 11 is 12.4. The third-order valence-electron chi connectivity index (χ3n) is 3.48. The predicted octanol–water partition coefficient (Wildman–Crippen LogP) is 4.54. The number of aromatic nitrogens is 2. The molecule has 0 spiro atoms. The monoisotopic (exact) mass is 274 g/mol. The highest BCUT2D eigenvalue weighted by Crippen LogP contribution is 2.42. The summed E-state index contributed by atoms with van der Waals surface area (Å²) in [4.78, 5) is 0. The van der Waals surface area contributed by atoms with Gasteiger partial charge in [-0.25, -0.2) is 0 Å². The number of halogens is 2. The van der Waals surface area contributed by atoms with E-state index < -0.39 is 0 Å².